The van der Waals surface area contributed by atoms with Crippen LogP contribution < -0.4 is 10.6 Å². The van der Waals surface area contributed by atoms with E-state index in [1.165, 1.54) is 0 Å². The van der Waals surface area contributed by atoms with E-state index in [1.807, 2.05) is 13.8 Å². The molecule has 1 heterocycles. The van der Waals surface area contributed by atoms with Gasteiger partial charge in [-0.3, -0.25) is 5.32 Å². The minimum absolute atomic E-state index is 0.0942. The minimum Gasteiger partial charge on any atom is -0.396 e. The van der Waals surface area contributed by atoms with Crippen LogP contribution in [0.3, 0.4) is 0 Å². The van der Waals surface area contributed by atoms with Gasteiger partial charge in [0.2, 0.25) is 0 Å². The van der Waals surface area contributed by atoms with Gasteiger partial charge in [0.1, 0.15) is 0 Å². The molecular weight excluding hydrogens is 232 g/mol. The maximum absolute atomic E-state index is 11.5. The van der Waals surface area contributed by atoms with Crippen molar-refractivity contribution in [2.24, 2.45) is 5.41 Å². The topological polar surface area (TPSA) is 87.1 Å². The molecule has 1 rings (SSSR count). The number of urea groups is 1. The van der Waals surface area contributed by atoms with Crippen molar-refractivity contribution in [3.05, 3.63) is 18.3 Å². The van der Waals surface area contributed by atoms with Gasteiger partial charge in [0, 0.05) is 19.3 Å². The first-order valence-electron chi connectivity index (χ1n) is 5.97. The monoisotopic (exact) mass is 252 g/mol. The predicted octanol–water partition coefficient (Wildman–Crippen LogP) is 1.40. The first-order chi connectivity index (χ1) is 8.53. The van der Waals surface area contributed by atoms with Crippen LogP contribution in [0.2, 0.25) is 0 Å². The Bertz CT molecular complexity index is 368. The number of anilines is 1. The molecule has 2 amide bonds. The van der Waals surface area contributed by atoms with Crippen LogP contribution >= 0.6 is 0 Å². The van der Waals surface area contributed by atoms with Gasteiger partial charge < -0.3 is 10.4 Å². The molecule has 0 radical (unpaired) electrons. The molecule has 0 atom stereocenters. The lowest BCUT2D eigenvalue weighted by molar-refractivity contribution is 0.148. The molecule has 0 spiro atoms. The standard InChI is InChI=1S/C12H20N4O2/c1-12(2,9-17)6-4-7-13-11(18)15-10-5-3-8-14-16-10/h3,5,8,17H,4,6-7,9H2,1-2H3,(H2,13,15,16,18). The maximum Gasteiger partial charge on any atom is 0.320 e. The molecule has 1 aromatic rings. The predicted molar refractivity (Wildman–Crippen MR) is 69.2 cm³/mol. The fourth-order valence-electron chi connectivity index (χ4n) is 1.38. The fraction of sp³-hybridized carbons (Fsp3) is 0.583. The number of hydrogen-bond donors (Lipinski definition) is 3. The number of nitrogens with one attached hydrogen (secondary N) is 2. The highest BCUT2D eigenvalue weighted by Crippen LogP contribution is 2.20. The van der Waals surface area contributed by atoms with E-state index in [0.29, 0.717) is 12.4 Å². The molecule has 0 fully saturated rings. The number of nitrogens with zero attached hydrogens (tertiary/aromatic N) is 2. The van der Waals surface area contributed by atoms with Crippen LogP contribution in [-0.4, -0.2) is 34.5 Å². The number of aliphatic hydroxyl groups excluding tert-OH is 1. The van der Waals surface area contributed by atoms with Crippen molar-refractivity contribution in [3.63, 3.8) is 0 Å². The van der Waals surface area contributed by atoms with Crippen LogP contribution in [0.1, 0.15) is 26.7 Å². The summed E-state index contributed by atoms with van der Waals surface area (Å²) in [5.41, 5.74) is -0.0942. The Morgan fingerprint density at radius 2 is 2.28 bits per heavy atom. The molecule has 18 heavy (non-hydrogen) atoms. The number of hydrogen-bond acceptors (Lipinski definition) is 4. The molecule has 100 valence electrons. The number of carbonyl (C=O) groups excluding carboxylic acids is 1. The summed E-state index contributed by atoms with van der Waals surface area (Å²) in [5.74, 6) is 0.422. The van der Waals surface area contributed by atoms with Gasteiger partial charge in [0.25, 0.3) is 0 Å². The van der Waals surface area contributed by atoms with Gasteiger partial charge >= 0.3 is 6.03 Å². The third-order valence-electron chi connectivity index (χ3n) is 2.56. The summed E-state index contributed by atoms with van der Waals surface area (Å²) in [7, 11) is 0. The summed E-state index contributed by atoms with van der Waals surface area (Å²) in [5, 5.41) is 21.8. The molecule has 1 aromatic heterocycles. The Balaban J connectivity index is 2.18. The summed E-state index contributed by atoms with van der Waals surface area (Å²) in [6.07, 6.45) is 3.22. The third kappa shape index (κ3) is 5.58. The Hall–Kier alpha value is -1.69. The first-order valence-corrected chi connectivity index (χ1v) is 5.97. The zero-order valence-corrected chi connectivity index (χ0v) is 10.8. The number of aromatic nitrogens is 2. The van der Waals surface area contributed by atoms with Crippen molar-refractivity contribution < 1.29 is 9.90 Å². The highest BCUT2D eigenvalue weighted by atomic mass is 16.3. The second-order valence-electron chi connectivity index (χ2n) is 4.92. The minimum atomic E-state index is -0.294. The lowest BCUT2D eigenvalue weighted by atomic mass is 9.89. The molecule has 0 bridgehead atoms. The number of aliphatic hydroxyl groups is 1. The van der Waals surface area contributed by atoms with Crippen LogP contribution in [0.15, 0.2) is 18.3 Å². The van der Waals surface area contributed by atoms with Gasteiger partial charge in [-0.2, -0.15) is 5.10 Å². The SMILES string of the molecule is CC(C)(CO)CCCNC(=O)Nc1cccnn1. The summed E-state index contributed by atoms with van der Waals surface area (Å²) in [6, 6.07) is 3.07. The van der Waals surface area contributed by atoms with E-state index in [9.17, 15) is 4.79 Å². The normalized spacial score (nSPS) is 11.1. The van der Waals surface area contributed by atoms with Gasteiger partial charge in [-0.25, -0.2) is 4.79 Å². The van der Waals surface area contributed by atoms with Crippen molar-refractivity contribution in [2.75, 3.05) is 18.5 Å². The molecule has 0 saturated carbocycles. The Morgan fingerprint density at radius 1 is 1.50 bits per heavy atom. The smallest absolute Gasteiger partial charge is 0.320 e. The highest BCUT2D eigenvalue weighted by Gasteiger charge is 2.15. The summed E-state index contributed by atoms with van der Waals surface area (Å²) in [6.45, 7) is 4.70. The van der Waals surface area contributed by atoms with Crippen molar-refractivity contribution in [3.8, 4) is 0 Å². The third-order valence-corrected chi connectivity index (χ3v) is 2.56. The Morgan fingerprint density at radius 3 is 2.89 bits per heavy atom. The van der Waals surface area contributed by atoms with E-state index < -0.39 is 0 Å². The lowest BCUT2D eigenvalue weighted by Gasteiger charge is -2.21. The van der Waals surface area contributed by atoms with Crippen molar-refractivity contribution in [1.82, 2.24) is 15.5 Å². The number of amides is 2. The Labute approximate surface area is 107 Å². The highest BCUT2D eigenvalue weighted by molar-refractivity contribution is 5.87. The molecular formula is C12H20N4O2. The quantitative estimate of drug-likeness (QED) is 0.668. The molecule has 6 heteroatoms. The van der Waals surface area contributed by atoms with E-state index in [2.05, 4.69) is 20.8 Å². The summed E-state index contributed by atoms with van der Waals surface area (Å²) >= 11 is 0. The second-order valence-corrected chi connectivity index (χ2v) is 4.92. The molecule has 6 nitrogen and oxygen atoms in total. The summed E-state index contributed by atoms with van der Waals surface area (Å²) < 4.78 is 0. The van der Waals surface area contributed by atoms with Crippen molar-refractivity contribution >= 4 is 11.8 Å². The molecule has 3 N–H and O–H groups in total. The molecule has 0 aromatic carbocycles. The van der Waals surface area contributed by atoms with Crippen molar-refractivity contribution in [2.45, 2.75) is 26.7 Å². The average Bonchev–Trinajstić information content (AvgIpc) is 2.36. The van der Waals surface area contributed by atoms with Crippen LogP contribution in [0.5, 0.6) is 0 Å². The van der Waals surface area contributed by atoms with Gasteiger partial charge in [-0.15, -0.1) is 5.10 Å². The summed E-state index contributed by atoms with van der Waals surface area (Å²) in [4.78, 5) is 11.5. The molecule has 0 aliphatic heterocycles. The molecule has 0 aliphatic carbocycles. The largest absolute Gasteiger partial charge is 0.396 e. The number of rotatable bonds is 6. The van der Waals surface area contributed by atoms with E-state index in [0.717, 1.165) is 12.8 Å². The van der Waals surface area contributed by atoms with E-state index in [4.69, 9.17) is 5.11 Å². The molecule has 0 unspecified atom stereocenters. The molecule has 0 saturated heterocycles. The number of carbonyl (C=O) groups is 1. The zero-order chi connectivity index (χ0) is 13.4. The first kappa shape index (κ1) is 14.4. The van der Waals surface area contributed by atoms with Gasteiger partial charge in [-0.1, -0.05) is 13.8 Å². The second kappa shape index (κ2) is 6.90. The maximum atomic E-state index is 11.5. The van der Waals surface area contributed by atoms with E-state index in [-0.39, 0.29) is 18.1 Å². The average molecular weight is 252 g/mol. The van der Waals surface area contributed by atoms with Crippen LogP contribution in [0.4, 0.5) is 10.6 Å². The zero-order valence-electron chi connectivity index (χ0n) is 10.8. The lowest BCUT2D eigenvalue weighted by Crippen LogP contribution is -2.30. The van der Waals surface area contributed by atoms with Crippen LogP contribution in [-0.2, 0) is 0 Å². The molecule has 0 aliphatic rings. The van der Waals surface area contributed by atoms with Gasteiger partial charge in [-0.05, 0) is 30.4 Å². The van der Waals surface area contributed by atoms with Crippen molar-refractivity contribution in [1.29, 1.82) is 0 Å². The van der Waals surface area contributed by atoms with Gasteiger partial charge in [0.05, 0.1) is 0 Å². The van der Waals surface area contributed by atoms with Gasteiger partial charge in [0.15, 0.2) is 5.82 Å². The Kier molecular flexibility index (Phi) is 5.51. The van der Waals surface area contributed by atoms with E-state index >= 15 is 0 Å². The fourth-order valence-corrected chi connectivity index (χ4v) is 1.38. The van der Waals surface area contributed by atoms with Crippen LogP contribution in [0.25, 0.3) is 0 Å². The van der Waals surface area contributed by atoms with E-state index in [1.54, 1.807) is 18.3 Å². The van der Waals surface area contributed by atoms with Crippen LogP contribution in [0, 0.1) is 5.41 Å².